The number of unbranched alkanes of at least 4 members (excludes halogenated alkanes) is 1. The van der Waals surface area contributed by atoms with E-state index in [1.807, 2.05) is 24.3 Å². The van der Waals surface area contributed by atoms with Crippen molar-refractivity contribution in [2.24, 2.45) is 0 Å². The molecule has 1 aromatic carbocycles. The van der Waals surface area contributed by atoms with Crippen LogP contribution in [0.4, 0.5) is 0 Å². The maximum atomic E-state index is 10.5. The summed E-state index contributed by atoms with van der Waals surface area (Å²) in [5.41, 5.74) is 2.16. The second-order valence-electron chi connectivity index (χ2n) is 5.55. The van der Waals surface area contributed by atoms with E-state index >= 15 is 0 Å². The summed E-state index contributed by atoms with van der Waals surface area (Å²) >= 11 is 0. The van der Waals surface area contributed by atoms with Crippen LogP contribution in [0.25, 0.3) is 0 Å². The van der Waals surface area contributed by atoms with Crippen LogP contribution in [0.3, 0.4) is 0 Å². The molecule has 0 heterocycles. The van der Waals surface area contributed by atoms with E-state index in [2.05, 4.69) is 13.0 Å². The van der Waals surface area contributed by atoms with Crippen molar-refractivity contribution in [1.29, 1.82) is 0 Å². The molecule has 110 valence electrons. The summed E-state index contributed by atoms with van der Waals surface area (Å²) in [4.78, 5) is 0. The average molecular weight is 274 g/mol. The SMILES string of the molecule is CCCCOc1ccc(C(O)C2=CCCCCC2)cc1. The first kappa shape index (κ1) is 15.1. The molecule has 1 aliphatic rings. The Bertz CT molecular complexity index is 420. The lowest BCUT2D eigenvalue weighted by Gasteiger charge is -2.15. The highest BCUT2D eigenvalue weighted by Crippen LogP contribution is 2.29. The van der Waals surface area contributed by atoms with Crippen molar-refractivity contribution in [2.45, 2.75) is 58.0 Å². The Labute approximate surface area is 122 Å². The number of allylic oxidation sites excluding steroid dienone is 1. The molecule has 20 heavy (non-hydrogen) atoms. The number of aliphatic hydroxyl groups excluding tert-OH is 1. The highest BCUT2D eigenvalue weighted by Gasteiger charge is 2.14. The summed E-state index contributed by atoms with van der Waals surface area (Å²) in [7, 11) is 0. The Balaban J connectivity index is 1.96. The van der Waals surface area contributed by atoms with Crippen LogP contribution in [0.15, 0.2) is 35.9 Å². The number of rotatable bonds is 6. The molecular weight excluding hydrogens is 248 g/mol. The molecule has 1 aromatic rings. The second kappa shape index (κ2) is 8.11. The predicted octanol–water partition coefficient (Wildman–Crippen LogP) is 4.79. The van der Waals surface area contributed by atoms with Crippen LogP contribution in [0.1, 0.15) is 63.5 Å². The van der Waals surface area contributed by atoms with Crippen LogP contribution in [-0.2, 0) is 0 Å². The van der Waals surface area contributed by atoms with Crippen molar-refractivity contribution in [3.8, 4) is 5.75 Å². The number of hydrogen-bond donors (Lipinski definition) is 1. The highest BCUT2D eigenvalue weighted by atomic mass is 16.5. The summed E-state index contributed by atoms with van der Waals surface area (Å²) in [5.74, 6) is 0.893. The molecule has 2 nitrogen and oxygen atoms in total. The van der Waals surface area contributed by atoms with Gasteiger partial charge in [-0.25, -0.2) is 0 Å². The molecule has 0 saturated carbocycles. The molecule has 0 fully saturated rings. The standard InChI is InChI=1S/C18H26O2/c1-2-3-14-20-17-12-10-16(11-13-17)18(19)15-8-6-4-5-7-9-15/h8,10-13,18-19H,2-7,9,14H2,1H3. The molecule has 0 aromatic heterocycles. The van der Waals surface area contributed by atoms with Crippen LogP contribution in [0.2, 0.25) is 0 Å². The van der Waals surface area contributed by atoms with Gasteiger partial charge in [-0.15, -0.1) is 0 Å². The Morgan fingerprint density at radius 3 is 2.70 bits per heavy atom. The van der Waals surface area contributed by atoms with Crippen LogP contribution in [0.5, 0.6) is 5.75 Å². The molecular formula is C18H26O2. The lowest BCUT2D eigenvalue weighted by atomic mass is 9.98. The van der Waals surface area contributed by atoms with Crippen molar-refractivity contribution in [2.75, 3.05) is 6.61 Å². The van der Waals surface area contributed by atoms with Crippen molar-refractivity contribution in [3.63, 3.8) is 0 Å². The van der Waals surface area contributed by atoms with E-state index in [1.54, 1.807) is 0 Å². The minimum Gasteiger partial charge on any atom is -0.494 e. The third-order valence-corrected chi connectivity index (χ3v) is 3.89. The lowest BCUT2D eigenvalue weighted by Crippen LogP contribution is -2.02. The van der Waals surface area contributed by atoms with Crippen LogP contribution < -0.4 is 4.74 Å². The maximum Gasteiger partial charge on any atom is 0.119 e. The lowest BCUT2D eigenvalue weighted by molar-refractivity contribution is 0.210. The number of hydrogen-bond acceptors (Lipinski definition) is 2. The maximum absolute atomic E-state index is 10.5. The van der Waals surface area contributed by atoms with Crippen LogP contribution >= 0.6 is 0 Å². The fraction of sp³-hybridized carbons (Fsp3) is 0.556. The number of benzene rings is 1. The highest BCUT2D eigenvalue weighted by molar-refractivity contribution is 5.32. The van der Waals surface area contributed by atoms with Gasteiger partial charge in [-0.3, -0.25) is 0 Å². The first-order valence-electron chi connectivity index (χ1n) is 7.91. The molecule has 1 unspecified atom stereocenters. The third-order valence-electron chi connectivity index (χ3n) is 3.89. The van der Waals surface area contributed by atoms with Gasteiger partial charge in [-0.2, -0.15) is 0 Å². The minimum absolute atomic E-state index is 0.446. The molecule has 0 bridgehead atoms. The van der Waals surface area contributed by atoms with Crippen molar-refractivity contribution >= 4 is 0 Å². The third kappa shape index (κ3) is 4.38. The summed E-state index contributed by atoms with van der Waals surface area (Å²) in [6.07, 6.45) is 9.85. The van der Waals surface area contributed by atoms with Gasteiger partial charge in [-0.05, 0) is 55.4 Å². The monoisotopic (exact) mass is 274 g/mol. The van der Waals surface area contributed by atoms with E-state index in [-0.39, 0.29) is 0 Å². The van der Waals surface area contributed by atoms with Gasteiger partial charge in [0, 0.05) is 0 Å². The first-order chi connectivity index (χ1) is 9.81. The normalized spacial score (nSPS) is 17.2. The van der Waals surface area contributed by atoms with Gasteiger partial charge in [0.2, 0.25) is 0 Å². The Kier molecular flexibility index (Phi) is 6.13. The van der Waals surface area contributed by atoms with E-state index in [0.717, 1.165) is 43.6 Å². The van der Waals surface area contributed by atoms with Crippen molar-refractivity contribution < 1.29 is 9.84 Å². The van der Waals surface area contributed by atoms with E-state index < -0.39 is 6.10 Å². The molecule has 1 aliphatic carbocycles. The van der Waals surface area contributed by atoms with Gasteiger partial charge < -0.3 is 9.84 Å². The predicted molar refractivity (Wildman–Crippen MR) is 83.0 cm³/mol. The minimum atomic E-state index is -0.446. The van der Waals surface area contributed by atoms with Crippen molar-refractivity contribution in [3.05, 3.63) is 41.5 Å². The fourth-order valence-electron chi connectivity index (χ4n) is 2.58. The molecule has 0 radical (unpaired) electrons. The molecule has 2 heteroatoms. The molecule has 1 N–H and O–H groups in total. The Morgan fingerprint density at radius 1 is 1.15 bits per heavy atom. The van der Waals surface area contributed by atoms with Gasteiger partial charge in [0.25, 0.3) is 0 Å². The van der Waals surface area contributed by atoms with Gasteiger partial charge in [0.1, 0.15) is 11.9 Å². The summed E-state index contributed by atoms with van der Waals surface area (Å²) in [6.45, 7) is 2.92. The first-order valence-corrected chi connectivity index (χ1v) is 7.91. The second-order valence-corrected chi connectivity index (χ2v) is 5.55. The zero-order valence-corrected chi connectivity index (χ0v) is 12.5. The summed E-state index contributed by atoms with van der Waals surface area (Å²) in [5, 5.41) is 10.5. The molecule has 2 rings (SSSR count). The van der Waals surface area contributed by atoms with Gasteiger partial charge in [0.15, 0.2) is 0 Å². The zero-order valence-electron chi connectivity index (χ0n) is 12.5. The van der Waals surface area contributed by atoms with Gasteiger partial charge in [-0.1, -0.05) is 38.0 Å². The van der Waals surface area contributed by atoms with Gasteiger partial charge in [0.05, 0.1) is 6.61 Å². The van der Waals surface area contributed by atoms with E-state index in [1.165, 1.54) is 24.8 Å². The van der Waals surface area contributed by atoms with Crippen LogP contribution in [0, 0.1) is 0 Å². The quantitative estimate of drug-likeness (QED) is 0.597. The molecule has 0 aliphatic heterocycles. The van der Waals surface area contributed by atoms with E-state index in [9.17, 15) is 5.11 Å². The summed E-state index contributed by atoms with van der Waals surface area (Å²) < 4.78 is 5.65. The number of aliphatic hydroxyl groups is 1. The van der Waals surface area contributed by atoms with E-state index in [4.69, 9.17) is 4.74 Å². The van der Waals surface area contributed by atoms with Crippen molar-refractivity contribution in [1.82, 2.24) is 0 Å². The fourth-order valence-corrected chi connectivity index (χ4v) is 2.58. The Morgan fingerprint density at radius 2 is 1.95 bits per heavy atom. The average Bonchev–Trinajstić information content (AvgIpc) is 2.77. The van der Waals surface area contributed by atoms with Crippen LogP contribution in [-0.4, -0.2) is 11.7 Å². The molecule has 0 saturated heterocycles. The van der Waals surface area contributed by atoms with E-state index in [0.29, 0.717) is 0 Å². The number of ether oxygens (including phenoxy) is 1. The Hall–Kier alpha value is -1.28. The molecule has 0 spiro atoms. The molecule has 0 amide bonds. The topological polar surface area (TPSA) is 29.5 Å². The smallest absolute Gasteiger partial charge is 0.119 e. The molecule has 1 atom stereocenters. The summed E-state index contributed by atoms with van der Waals surface area (Å²) in [6, 6.07) is 7.90. The largest absolute Gasteiger partial charge is 0.494 e. The zero-order chi connectivity index (χ0) is 14.2. The van der Waals surface area contributed by atoms with Gasteiger partial charge >= 0.3 is 0 Å².